The van der Waals surface area contributed by atoms with E-state index in [-0.39, 0.29) is 6.79 Å². The zero-order valence-corrected chi connectivity index (χ0v) is 15.1. The van der Waals surface area contributed by atoms with Gasteiger partial charge in [0.2, 0.25) is 12.7 Å². The number of nitrogens with two attached hydrogens (primary N) is 1. The number of rotatable bonds is 4. The van der Waals surface area contributed by atoms with Crippen molar-refractivity contribution in [3.63, 3.8) is 0 Å². The highest BCUT2D eigenvalue weighted by molar-refractivity contribution is 5.93. The molecule has 0 fully saturated rings. The maximum absolute atomic E-state index is 11.3. The Morgan fingerprint density at radius 2 is 1.83 bits per heavy atom. The van der Waals surface area contributed by atoms with Crippen molar-refractivity contribution in [3.05, 3.63) is 72.4 Å². The fourth-order valence-corrected chi connectivity index (χ4v) is 3.08. The lowest BCUT2D eigenvalue weighted by molar-refractivity contribution is 0.100. The number of nitrogens with zero attached hydrogens (tertiary/aromatic N) is 4. The summed E-state index contributed by atoms with van der Waals surface area (Å²) in [4.78, 5) is 20.4. The van der Waals surface area contributed by atoms with Crippen LogP contribution in [0, 0.1) is 0 Å². The molecule has 4 aromatic rings. The van der Waals surface area contributed by atoms with Crippen molar-refractivity contribution in [1.82, 2.24) is 19.7 Å². The number of benzene rings is 2. The minimum absolute atomic E-state index is 0.195. The highest BCUT2D eigenvalue weighted by atomic mass is 16.7. The molecule has 2 aromatic carbocycles. The second-order valence-corrected chi connectivity index (χ2v) is 6.36. The second-order valence-electron chi connectivity index (χ2n) is 6.36. The largest absolute Gasteiger partial charge is 0.454 e. The molecular weight excluding hydrogens is 370 g/mol. The molecule has 1 aliphatic rings. The summed E-state index contributed by atoms with van der Waals surface area (Å²) >= 11 is 0. The predicted octanol–water partition coefficient (Wildman–Crippen LogP) is 2.82. The van der Waals surface area contributed by atoms with Crippen LogP contribution in [0.15, 0.2) is 66.9 Å². The highest BCUT2D eigenvalue weighted by Gasteiger charge is 2.19. The third-order valence-corrected chi connectivity index (χ3v) is 4.53. The van der Waals surface area contributed by atoms with Gasteiger partial charge in [-0.1, -0.05) is 18.2 Å². The van der Waals surface area contributed by atoms with E-state index in [9.17, 15) is 4.79 Å². The first-order chi connectivity index (χ1) is 14.2. The number of carbonyl (C=O) groups excluding carboxylic acids is 1. The minimum atomic E-state index is -0.482. The molecule has 142 valence electrons. The maximum atomic E-state index is 11.3. The monoisotopic (exact) mass is 385 g/mol. The molecule has 0 bridgehead atoms. The summed E-state index contributed by atoms with van der Waals surface area (Å²) in [5.41, 5.74) is 7.95. The number of carbonyl (C=O) groups is 1. The van der Waals surface area contributed by atoms with Gasteiger partial charge in [-0.2, -0.15) is 0 Å². The molecule has 8 heteroatoms. The molecule has 2 aromatic heterocycles. The first-order valence-corrected chi connectivity index (χ1v) is 8.88. The Balaban J connectivity index is 1.64. The number of fused-ring (bicyclic) bond motifs is 1. The standard InChI is InChI=1S/C21H15N5O3/c22-19(27)13-4-6-14(7-5-13)20-24-21(16-3-1-2-10-23-16)26(25-20)15-8-9-17-18(11-15)29-12-28-17/h1-11H,12H2,(H2,22,27). The Kier molecular flexibility index (Phi) is 3.94. The molecule has 0 unspecified atom stereocenters. The number of ether oxygens (including phenoxy) is 2. The van der Waals surface area contributed by atoms with Crippen LogP contribution in [0.2, 0.25) is 0 Å². The van der Waals surface area contributed by atoms with Crippen molar-refractivity contribution in [1.29, 1.82) is 0 Å². The Morgan fingerprint density at radius 1 is 1.00 bits per heavy atom. The van der Waals surface area contributed by atoms with Gasteiger partial charge in [0.15, 0.2) is 23.1 Å². The molecule has 1 aliphatic heterocycles. The summed E-state index contributed by atoms with van der Waals surface area (Å²) in [5.74, 6) is 1.94. The van der Waals surface area contributed by atoms with Gasteiger partial charge in [-0.15, -0.1) is 5.10 Å². The van der Waals surface area contributed by atoms with Crippen LogP contribution in [0.4, 0.5) is 0 Å². The smallest absolute Gasteiger partial charge is 0.248 e. The number of hydrogen-bond acceptors (Lipinski definition) is 6. The fourth-order valence-electron chi connectivity index (χ4n) is 3.08. The van der Waals surface area contributed by atoms with E-state index in [0.717, 1.165) is 11.3 Å². The van der Waals surface area contributed by atoms with Crippen molar-refractivity contribution in [3.8, 4) is 40.1 Å². The van der Waals surface area contributed by atoms with E-state index in [1.54, 1.807) is 35.1 Å². The van der Waals surface area contributed by atoms with Crippen molar-refractivity contribution in [2.75, 3.05) is 6.79 Å². The van der Waals surface area contributed by atoms with Crippen LogP contribution < -0.4 is 15.2 Å². The topological polar surface area (TPSA) is 105 Å². The molecule has 0 saturated heterocycles. The van der Waals surface area contributed by atoms with Gasteiger partial charge in [-0.3, -0.25) is 9.78 Å². The second kappa shape index (κ2) is 6.75. The van der Waals surface area contributed by atoms with Crippen molar-refractivity contribution in [2.24, 2.45) is 5.73 Å². The van der Waals surface area contributed by atoms with Gasteiger partial charge in [0.25, 0.3) is 0 Å². The number of pyridine rings is 1. The zero-order valence-electron chi connectivity index (χ0n) is 15.1. The SMILES string of the molecule is NC(=O)c1ccc(-c2nc(-c3ccccn3)n(-c3ccc4c(c3)OCO4)n2)cc1. The average molecular weight is 385 g/mol. The molecular formula is C21H15N5O3. The average Bonchev–Trinajstić information content (AvgIpc) is 3.41. The van der Waals surface area contributed by atoms with Crippen LogP contribution in [0.3, 0.4) is 0 Å². The number of hydrogen-bond donors (Lipinski definition) is 1. The minimum Gasteiger partial charge on any atom is -0.454 e. The van der Waals surface area contributed by atoms with Crippen LogP contribution >= 0.6 is 0 Å². The Morgan fingerprint density at radius 3 is 2.59 bits per heavy atom. The first kappa shape index (κ1) is 16.9. The molecule has 0 saturated carbocycles. The molecule has 1 amide bonds. The van der Waals surface area contributed by atoms with E-state index >= 15 is 0 Å². The highest BCUT2D eigenvalue weighted by Crippen LogP contribution is 2.34. The van der Waals surface area contributed by atoms with Gasteiger partial charge in [-0.25, -0.2) is 9.67 Å². The molecule has 0 aliphatic carbocycles. The normalized spacial score (nSPS) is 12.1. The van der Waals surface area contributed by atoms with Crippen molar-refractivity contribution in [2.45, 2.75) is 0 Å². The lowest BCUT2D eigenvalue weighted by atomic mass is 10.1. The van der Waals surface area contributed by atoms with E-state index in [1.165, 1.54) is 0 Å². The lowest BCUT2D eigenvalue weighted by Gasteiger charge is -2.06. The predicted molar refractivity (Wildman–Crippen MR) is 105 cm³/mol. The number of primary amides is 1. The van der Waals surface area contributed by atoms with Gasteiger partial charge in [-0.05, 0) is 36.4 Å². The summed E-state index contributed by atoms with van der Waals surface area (Å²) in [5, 5.41) is 4.68. The number of aromatic nitrogens is 4. The van der Waals surface area contributed by atoms with E-state index in [1.807, 2.05) is 36.4 Å². The van der Waals surface area contributed by atoms with Gasteiger partial charge in [0, 0.05) is 23.4 Å². The van der Waals surface area contributed by atoms with Gasteiger partial charge in [0.05, 0.1) is 5.69 Å². The van der Waals surface area contributed by atoms with E-state index in [4.69, 9.17) is 20.2 Å². The quantitative estimate of drug-likeness (QED) is 0.579. The summed E-state index contributed by atoms with van der Waals surface area (Å²) < 4.78 is 12.6. The molecule has 2 N–H and O–H groups in total. The Bertz CT molecular complexity index is 1200. The van der Waals surface area contributed by atoms with E-state index in [0.29, 0.717) is 34.4 Å². The van der Waals surface area contributed by atoms with Crippen LogP contribution in [-0.4, -0.2) is 32.4 Å². The van der Waals surface area contributed by atoms with Gasteiger partial charge < -0.3 is 15.2 Å². The lowest BCUT2D eigenvalue weighted by Crippen LogP contribution is -2.10. The van der Waals surface area contributed by atoms with Gasteiger partial charge >= 0.3 is 0 Å². The third kappa shape index (κ3) is 3.06. The third-order valence-electron chi connectivity index (χ3n) is 4.53. The summed E-state index contributed by atoms with van der Waals surface area (Å²) in [6.07, 6.45) is 1.70. The van der Waals surface area contributed by atoms with Crippen LogP contribution in [-0.2, 0) is 0 Å². The molecule has 5 rings (SSSR count). The Hall–Kier alpha value is -4.20. The van der Waals surface area contributed by atoms with E-state index in [2.05, 4.69) is 10.1 Å². The van der Waals surface area contributed by atoms with Gasteiger partial charge in [0.1, 0.15) is 5.69 Å². The molecule has 29 heavy (non-hydrogen) atoms. The van der Waals surface area contributed by atoms with Crippen LogP contribution in [0.25, 0.3) is 28.6 Å². The summed E-state index contributed by atoms with van der Waals surface area (Å²) in [6, 6.07) is 18.0. The molecule has 0 spiro atoms. The fraction of sp³-hybridized carbons (Fsp3) is 0.0476. The molecule has 0 radical (unpaired) electrons. The summed E-state index contributed by atoms with van der Waals surface area (Å²) in [7, 11) is 0. The van der Waals surface area contributed by atoms with Crippen molar-refractivity contribution >= 4 is 5.91 Å². The van der Waals surface area contributed by atoms with Crippen molar-refractivity contribution < 1.29 is 14.3 Å². The molecule has 3 heterocycles. The van der Waals surface area contributed by atoms with Crippen LogP contribution in [0.1, 0.15) is 10.4 Å². The Labute approximate surface area is 165 Å². The zero-order chi connectivity index (χ0) is 19.8. The number of amides is 1. The molecule has 8 nitrogen and oxygen atoms in total. The van der Waals surface area contributed by atoms with Crippen LogP contribution in [0.5, 0.6) is 11.5 Å². The maximum Gasteiger partial charge on any atom is 0.248 e. The van der Waals surface area contributed by atoms with E-state index < -0.39 is 5.91 Å². The summed E-state index contributed by atoms with van der Waals surface area (Å²) in [6.45, 7) is 0.195. The first-order valence-electron chi connectivity index (χ1n) is 8.88. The molecule has 0 atom stereocenters.